The van der Waals surface area contributed by atoms with Crippen molar-refractivity contribution in [3.05, 3.63) is 22.4 Å². The number of aromatic amines is 1. The van der Waals surface area contributed by atoms with E-state index in [1.807, 2.05) is 6.20 Å². The number of nitrogens with one attached hydrogen (secondary N) is 1. The van der Waals surface area contributed by atoms with E-state index in [4.69, 9.17) is 0 Å². The van der Waals surface area contributed by atoms with Crippen LogP contribution in [-0.2, 0) is 13.0 Å². The lowest BCUT2D eigenvalue weighted by atomic mass is 9.92. The summed E-state index contributed by atoms with van der Waals surface area (Å²) in [5, 5.41) is 0. The predicted molar refractivity (Wildman–Crippen MR) is 67.7 cm³/mol. The molecule has 0 bridgehead atoms. The summed E-state index contributed by atoms with van der Waals surface area (Å²) >= 11 is 0. The molecule has 0 fully saturated rings. The molecule has 0 spiro atoms. The maximum Gasteiger partial charge on any atom is 0.325 e. The first-order chi connectivity index (χ1) is 7.42. The van der Waals surface area contributed by atoms with Gasteiger partial charge in [0.1, 0.15) is 0 Å². The van der Waals surface area contributed by atoms with E-state index in [2.05, 4.69) is 32.7 Å². The molecule has 0 saturated heterocycles. The van der Waals surface area contributed by atoms with Crippen LogP contribution >= 0.6 is 0 Å². The molecule has 0 saturated carbocycles. The average Bonchev–Trinajstić information content (AvgIpc) is 2.52. The number of rotatable bonds is 5. The fourth-order valence-electron chi connectivity index (χ4n) is 1.60. The second-order valence-corrected chi connectivity index (χ2v) is 5.69. The van der Waals surface area contributed by atoms with Crippen LogP contribution in [0.4, 0.5) is 0 Å². The first kappa shape index (κ1) is 13.1. The predicted octanol–water partition coefficient (Wildman–Crippen LogP) is 2.96. The molecule has 0 aliphatic rings. The topological polar surface area (TPSA) is 37.8 Å². The van der Waals surface area contributed by atoms with Crippen LogP contribution < -0.4 is 5.69 Å². The maximum atomic E-state index is 11.6. The number of imidazole rings is 1. The van der Waals surface area contributed by atoms with Crippen LogP contribution in [0.3, 0.4) is 0 Å². The first-order valence-corrected chi connectivity index (χ1v) is 6.21. The summed E-state index contributed by atoms with van der Waals surface area (Å²) in [6, 6.07) is 0. The van der Waals surface area contributed by atoms with Gasteiger partial charge >= 0.3 is 5.69 Å². The van der Waals surface area contributed by atoms with Gasteiger partial charge in [-0.05, 0) is 24.7 Å². The van der Waals surface area contributed by atoms with Crippen molar-refractivity contribution < 1.29 is 0 Å². The third kappa shape index (κ3) is 4.25. The minimum atomic E-state index is 0.0374. The van der Waals surface area contributed by atoms with E-state index in [1.54, 1.807) is 4.57 Å². The number of hydrogen-bond donors (Lipinski definition) is 1. The van der Waals surface area contributed by atoms with E-state index in [1.165, 1.54) is 0 Å². The molecule has 3 heteroatoms. The Morgan fingerprint density at radius 1 is 1.38 bits per heavy atom. The number of hydrogen-bond acceptors (Lipinski definition) is 1. The smallest absolute Gasteiger partial charge is 0.310 e. The molecule has 0 aliphatic heterocycles. The molecule has 3 nitrogen and oxygen atoms in total. The molecule has 1 N–H and O–H groups in total. The van der Waals surface area contributed by atoms with Crippen molar-refractivity contribution in [3.8, 4) is 0 Å². The maximum absolute atomic E-state index is 11.6. The lowest BCUT2D eigenvalue weighted by Crippen LogP contribution is -2.19. The van der Waals surface area contributed by atoms with Gasteiger partial charge in [-0.3, -0.25) is 4.57 Å². The van der Waals surface area contributed by atoms with Crippen molar-refractivity contribution in [2.75, 3.05) is 0 Å². The molecule has 1 heterocycles. The zero-order valence-electron chi connectivity index (χ0n) is 11.0. The summed E-state index contributed by atoms with van der Waals surface area (Å²) in [7, 11) is 0. The molecule has 1 aromatic heterocycles. The lowest BCUT2D eigenvalue weighted by Gasteiger charge is -2.17. The van der Waals surface area contributed by atoms with Crippen molar-refractivity contribution in [2.24, 2.45) is 5.41 Å². The van der Waals surface area contributed by atoms with E-state index < -0.39 is 0 Å². The zero-order chi connectivity index (χ0) is 12.2. The van der Waals surface area contributed by atoms with Crippen LogP contribution in [0.5, 0.6) is 0 Å². The van der Waals surface area contributed by atoms with E-state index in [0.29, 0.717) is 0 Å². The van der Waals surface area contributed by atoms with Gasteiger partial charge in [0, 0.05) is 18.4 Å². The van der Waals surface area contributed by atoms with Crippen molar-refractivity contribution >= 4 is 0 Å². The first-order valence-electron chi connectivity index (χ1n) is 6.21. The Morgan fingerprint density at radius 3 is 2.62 bits per heavy atom. The molecule has 1 aromatic rings. The SMILES string of the molecule is CCCCc1cn(CCC(C)(C)C)c(=O)[nH]1. The summed E-state index contributed by atoms with van der Waals surface area (Å²) in [4.78, 5) is 14.6. The monoisotopic (exact) mass is 224 g/mol. The number of unbranched alkanes of at least 4 members (excludes halogenated alkanes) is 1. The Labute approximate surface area is 97.9 Å². The molecule has 0 unspecified atom stereocenters. The van der Waals surface area contributed by atoms with Crippen molar-refractivity contribution in [3.63, 3.8) is 0 Å². The minimum absolute atomic E-state index is 0.0374. The molecule has 16 heavy (non-hydrogen) atoms. The quantitative estimate of drug-likeness (QED) is 0.820. The Kier molecular flexibility index (Phi) is 4.39. The minimum Gasteiger partial charge on any atom is -0.310 e. The van der Waals surface area contributed by atoms with Crippen molar-refractivity contribution in [2.45, 2.75) is 59.9 Å². The number of aryl methyl sites for hydroxylation is 2. The van der Waals surface area contributed by atoms with Gasteiger partial charge in [-0.25, -0.2) is 4.79 Å². The fraction of sp³-hybridized carbons (Fsp3) is 0.769. The van der Waals surface area contributed by atoms with Gasteiger partial charge < -0.3 is 4.98 Å². The Balaban J connectivity index is 2.60. The Hall–Kier alpha value is -0.990. The van der Waals surface area contributed by atoms with Crippen LogP contribution in [0.2, 0.25) is 0 Å². The molecule has 0 radical (unpaired) electrons. The molecule has 0 amide bonds. The van der Waals surface area contributed by atoms with Crippen molar-refractivity contribution in [1.82, 2.24) is 9.55 Å². The fourth-order valence-corrected chi connectivity index (χ4v) is 1.60. The zero-order valence-corrected chi connectivity index (χ0v) is 11.0. The molecule has 92 valence electrons. The van der Waals surface area contributed by atoms with Crippen LogP contribution in [0.25, 0.3) is 0 Å². The van der Waals surface area contributed by atoms with Gasteiger partial charge in [0.25, 0.3) is 0 Å². The normalized spacial score (nSPS) is 12.0. The van der Waals surface area contributed by atoms with Gasteiger partial charge in [-0.15, -0.1) is 0 Å². The standard InChI is InChI=1S/C13H24N2O/c1-5-6-7-11-10-15(12(16)14-11)9-8-13(2,3)4/h10H,5-9H2,1-4H3,(H,14,16). The Morgan fingerprint density at radius 2 is 2.06 bits per heavy atom. The molecule has 0 aliphatic carbocycles. The third-order valence-electron chi connectivity index (χ3n) is 2.74. The van der Waals surface area contributed by atoms with E-state index in [9.17, 15) is 4.79 Å². The van der Waals surface area contributed by atoms with Crippen LogP contribution in [0, 0.1) is 5.41 Å². The molecular formula is C13H24N2O. The van der Waals surface area contributed by atoms with E-state index >= 15 is 0 Å². The van der Waals surface area contributed by atoms with E-state index in [0.717, 1.165) is 37.9 Å². The highest BCUT2D eigenvalue weighted by Gasteiger charge is 2.11. The lowest BCUT2D eigenvalue weighted by molar-refractivity contribution is 0.348. The van der Waals surface area contributed by atoms with Crippen LogP contribution in [0.15, 0.2) is 11.0 Å². The summed E-state index contributed by atoms with van der Waals surface area (Å²) in [6.45, 7) is 9.56. The summed E-state index contributed by atoms with van der Waals surface area (Å²) in [5.41, 5.74) is 1.39. The molecule has 1 rings (SSSR count). The second-order valence-electron chi connectivity index (χ2n) is 5.69. The average molecular weight is 224 g/mol. The molecule has 0 aromatic carbocycles. The second kappa shape index (κ2) is 5.37. The largest absolute Gasteiger partial charge is 0.325 e. The van der Waals surface area contributed by atoms with Crippen LogP contribution in [-0.4, -0.2) is 9.55 Å². The van der Waals surface area contributed by atoms with Gasteiger partial charge in [-0.1, -0.05) is 34.1 Å². The number of H-pyrrole nitrogens is 1. The summed E-state index contributed by atoms with van der Waals surface area (Å²) in [6.07, 6.45) is 6.28. The number of nitrogens with zero attached hydrogens (tertiary/aromatic N) is 1. The van der Waals surface area contributed by atoms with Crippen molar-refractivity contribution in [1.29, 1.82) is 0 Å². The van der Waals surface area contributed by atoms with Gasteiger partial charge in [0.05, 0.1) is 0 Å². The van der Waals surface area contributed by atoms with Gasteiger partial charge in [0.15, 0.2) is 0 Å². The van der Waals surface area contributed by atoms with Gasteiger partial charge in [-0.2, -0.15) is 0 Å². The number of aromatic nitrogens is 2. The highest BCUT2D eigenvalue weighted by atomic mass is 16.1. The van der Waals surface area contributed by atoms with Gasteiger partial charge in [0.2, 0.25) is 0 Å². The molecule has 0 atom stereocenters. The Bertz CT molecular complexity index is 368. The third-order valence-corrected chi connectivity index (χ3v) is 2.74. The summed E-state index contributed by atoms with van der Waals surface area (Å²) in [5.74, 6) is 0. The summed E-state index contributed by atoms with van der Waals surface area (Å²) < 4.78 is 1.80. The highest BCUT2D eigenvalue weighted by molar-refractivity contribution is 4.97. The van der Waals surface area contributed by atoms with Crippen LogP contribution in [0.1, 0.15) is 52.7 Å². The molecular weight excluding hydrogens is 200 g/mol. The highest BCUT2D eigenvalue weighted by Crippen LogP contribution is 2.18. The van der Waals surface area contributed by atoms with E-state index in [-0.39, 0.29) is 11.1 Å².